The zero-order valence-electron chi connectivity index (χ0n) is 16.5. The Kier molecular flexibility index (Phi) is 4.67. The summed E-state index contributed by atoms with van der Waals surface area (Å²) >= 11 is 0. The van der Waals surface area contributed by atoms with E-state index in [1.165, 1.54) is 0 Å². The van der Waals surface area contributed by atoms with Crippen molar-refractivity contribution in [3.05, 3.63) is 70.4 Å². The van der Waals surface area contributed by atoms with Crippen LogP contribution in [0.5, 0.6) is 5.75 Å². The number of carbonyl (C=O) groups is 1. The highest BCUT2D eigenvalue weighted by Crippen LogP contribution is 2.45. The fraction of sp³-hybridized carbons (Fsp3) is 0.304. The first-order chi connectivity index (χ1) is 13.5. The van der Waals surface area contributed by atoms with E-state index in [1.54, 1.807) is 6.07 Å². The minimum atomic E-state index is -0.205. The van der Waals surface area contributed by atoms with Gasteiger partial charge in [-0.15, -0.1) is 0 Å². The predicted octanol–water partition coefficient (Wildman–Crippen LogP) is 4.74. The summed E-state index contributed by atoms with van der Waals surface area (Å²) in [6, 6.07) is 13.6. The van der Waals surface area contributed by atoms with Gasteiger partial charge in [-0.2, -0.15) is 5.10 Å². The second-order valence-corrected chi connectivity index (χ2v) is 7.50. The predicted molar refractivity (Wildman–Crippen MR) is 109 cm³/mol. The normalized spacial score (nSPS) is 15.9. The fourth-order valence-corrected chi connectivity index (χ4v) is 4.18. The minimum Gasteiger partial charge on any atom is -0.507 e. The number of phenols is 1. The number of amides is 1. The number of fused-ring (bicyclic) bond motifs is 1. The maximum absolute atomic E-state index is 13.1. The molecule has 2 aromatic carbocycles. The Morgan fingerprint density at radius 3 is 2.61 bits per heavy atom. The first-order valence-electron chi connectivity index (χ1n) is 9.77. The van der Waals surface area contributed by atoms with Crippen molar-refractivity contribution in [2.45, 2.75) is 39.7 Å². The highest BCUT2D eigenvalue weighted by Gasteiger charge is 2.42. The number of aromatic hydroxyl groups is 1. The molecule has 28 heavy (non-hydrogen) atoms. The van der Waals surface area contributed by atoms with Gasteiger partial charge >= 0.3 is 0 Å². The number of aromatic amines is 1. The van der Waals surface area contributed by atoms with Crippen LogP contribution in [0.2, 0.25) is 0 Å². The molecule has 1 aliphatic heterocycles. The number of phenolic OH excluding ortho intramolecular Hbond substituents is 1. The van der Waals surface area contributed by atoms with Gasteiger partial charge < -0.3 is 10.0 Å². The van der Waals surface area contributed by atoms with E-state index in [4.69, 9.17) is 0 Å². The third-order valence-corrected chi connectivity index (χ3v) is 5.43. The lowest BCUT2D eigenvalue weighted by atomic mass is 9.93. The van der Waals surface area contributed by atoms with Crippen LogP contribution in [0.4, 0.5) is 0 Å². The Hall–Kier alpha value is -3.08. The third kappa shape index (κ3) is 2.87. The van der Waals surface area contributed by atoms with Crippen molar-refractivity contribution in [1.82, 2.24) is 15.1 Å². The van der Waals surface area contributed by atoms with E-state index >= 15 is 0 Å². The Morgan fingerprint density at radius 2 is 1.93 bits per heavy atom. The van der Waals surface area contributed by atoms with Crippen molar-refractivity contribution < 1.29 is 9.90 Å². The van der Waals surface area contributed by atoms with Crippen LogP contribution in [0.3, 0.4) is 0 Å². The average molecular weight is 375 g/mol. The number of carbonyl (C=O) groups excluding carboxylic acids is 1. The van der Waals surface area contributed by atoms with Crippen LogP contribution in [0.1, 0.15) is 58.5 Å². The number of aromatic nitrogens is 2. The quantitative estimate of drug-likeness (QED) is 0.676. The number of nitrogens with one attached hydrogen (secondary N) is 1. The van der Waals surface area contributed by atoms with Gasteiger partial charge in [-0.1, -0.05) is 49.7 Å². The molecule has 4 rings (SSSR count). The molecule has 0 fully saturated rings. The molecular weight excluding hydrogens is 350 g/mol. The second kappa shape index (κ2) is 7.15. The fourth-order valence-electron chi connectivity index (χ4n) is 4.18. The molecule has 1 unspecified atom stereocenters. The van der Waals surface area contributed by atoms with Crippen LogP contribution in [0.15, 0.2) is 42.5 Å². The van der Waals surface area contributed by atoms with Crippen LogP contribution < -0.4 is 0 Å². The molecule has 144 valence electrons. The van der Waals surface area contributed by atoms with Gasteiger partial charge in [0.1, 0.15) is 17.1 Å². The number of aryl methyl sites for hydroxylation is 2. The Bertz CT molecular complexity index is 1000. The molecule has 0 radical (unpaired) electrons. The van der Waals surface area contributed by atoms with E-state index in [1.807, 2.05) is 55.1 Å². The van der Waals surface area contributed by atoms with Crippen LogP contribution in [-0.4, -0.2) is 32.7 Å². The molecule has 5 heteroatoms. The lowest BCUT2D eigenvalue weighted by Gasteiger charge is -2.26. The summed E-state index contributed by atoms with van der Waals surface area (Å²) in [5.41, 5.74) is 5.72. The van der Waals surface area contributed by atoms with Gasteiger partial charge in [-0.3, -0.25) is 9.89 Å². The number of hydrogen-bond acceptors (Lipinski definition) is 3. The molecule has 1 aliphatic rings. The van der Waals surface area contributed by atoms with Gasteiger partial charge in [0.05, 0.1) is 6.04 Å². The molecule has 5 nitrogen and oxygen atoms in total. The maximum atomic E-state index is 13.1. The summed E-state index contributed by atoms with van der Waals surface area (Å²) in [6.07, 6.45) is 1.96. The lowest BCUT2D eigenvalue weighted by molar-refractivity contribution is 0.0741. The number of nitrogens with zero attached hydrogens (tertiary/aromatic N) is 2. The van der Waals surface area contributed by atoms with E-state index in [-0.39, 0.29) is 17.7 Å². The monoisotopic (exact) mass is 375 g/mol. The Labute approximate surface area is 165 Å². The number of rotatable bonds is 5. The van der Waals surface area contributed by atoms with Crippen LogP contribution in [0.25, 0.3) is 11.3 Å². The summed E-state index contributed by atoms with van der Waals surface area (Å²) in [7, 11) is 0. The molecule has 3 aromatic rings. The SMILES string of the molecule is CCCCN1C(=O)c2[nH]nc(-c3c(C)cc(C)cc3O)c2C1c1ccccc1. The molecule has 1 aromatic heterocycles. The van der Waals surface area contributed by atoms with E-state index in [0.717, 1.165) is 35.1 Å². The van der Waals surface area contributed by atoms with Gasteiger partial charge in [0.15, 0.2) is 0 Å². The van der Waals surface area contributed by atoms with E-state index in [0.29, 0.717) is 23.5 Å². The summed E-state index contributed by atoms with van der Waals surface area (Å²) in [5, 5.41) is 18.1. The van der Waals surface area contributed by atoms with Crippen LogP contribution in [-0.2, 0) is 0 Å². The van der Waals surface area contributed by atoms with Gasteiger partial charge in [-0.25, -0.2) is 0 Å². The highest BCUT2D eigenvalue weighted by molar-refractivity contribution is 6.00. The Balaban J connectivity index is 1.91. The van der Waals surface area contributed by atoms with Crippen molar-refractivity contribution in [1.29, 1.82) is 0 Å². The highest BCUT2D eigenvalue weighted by atomic mass is 16.3. The molecule has 2 N–H and O–H groups in total. The summed E-state index contributed by atoms with van der Waals surface area (Å²) in [6.45, 7) is 6.73. The molecule has 1 amide bonds. The number of unbranched alkanes of at least 4 members (excludes halogenated alkanes) is 1. The summed E-state index contributed by atoms with van der Waals surface area (Å²) in [4.78, 5) is 15.1. The Morgan fingerprint density at radius 1 is 1.18 bits per heavy atom. The zero-order chi connectivity index (χ0) is 19.8. The van der Waals surface area contributed by atoms with Gasteiger partial charge in [-0.05, 0) is 43.0 Å². The van der Waals surface area contributed by atoms with Crippen molar-refractivity contribution >= 4 is 5.91 Å². The summed E-state index contributed by atoms with van der Waals surface area (Å²) in [5.74, 6) is 0.165. The molecule has 0 bridgehead atoms. The molecular formula is C23H25N3O2. The number of hydrogen-bond donors (Lipinski definition) is 2. The average Bonchev–Trinajstić information content (AvgIpc) is 3.19. The van der Waals surface area contributed by atoms with Crippen molar-refractivity contribution in [3.8, 4) is 17.0 Å². The molecule has 2 heterocycles. The van der Waals surface area contributed by atoms with Gasteiger partial charge in [0, 0.05) is 17.7 Å². The smallest absolute Gasteiger partial charge is 0.273 e. The second-order valence-electron chi connectivity index (χ2n) is 7.50. The first-order valence-corrected chi connectivity index (χ1v) is 9.77. The van der Waals surface area contributed by atoms with Crippen molar-refractivity contribution in [2.75, 3.05) is 6.54 Å². The summed E-state index contributed by atoms with van der Waals surface area (Å²) < 4.78 is 0. The number of benzene rings is 2. The van der Waals surface area contributed by atoms with Gasteiger partial charge in [0.25, 0.3) is 5.91 Å². The third-order valence-electron chi connectivity index (χ3n) is 5.43. The zero-order valence-corrected chi connectivity index (χ0v) is 16.5. The maximum Gasteiger partial charge on any atom is 0.273 e. The standard InChI is InChI=1S/C23H25N3O2/c1-4-5-11-26-22(16-9-7-6-8-10-16)19-20(24-25-21(19)23(26)28)18-15(3)12-14(2)13-17(18)27/h6-10,12-13,22,27H,4-5,11H2,1-3H3,(H,24,25). The van der Waals surface area contributed by atoms with Gasteiger partial charge in [0.2, 0.25) is 0 Å². The van der Waals surface area contributed by atoms with Crippen molar-refractivity contribution in [2.24, 2.45) is 0 Å². The first kappa shape index (κ1) is 18.3. The van der Waals surface area contributed by atoms with E-state index in [9.17, 15) is 9.90 Å². The molecule has 1 atom stereocenters. The van der Waals surface area contributed by atoms with E-state index in [2.05, 4.69) is 17.1 Å². The largest absolute Gasteiger partial charge is 0.507 e. The molecule has 0 saturated carbocycles. The molecule has 0 spiro atoms. The molecule has 0 saturated heterocycles. The van der Waals surface area contributed by atoms with Crippen LogP contribution >= 0.6 is 0 Å². The lowest BCUT2D eigenvalue weighted by Crippen LogP contribution is -2.30. The number of H-pyrrole nitrogens is 1. The van der Waals surface area contributed by atoms with E-state index < -0.39 is 0 Å². The molecule has 0 aliphatic carbocycles. The topological polar surface area (TPSA) is 69.2 Å². The van der Waals surface area contributed by atoms with Crippen LogP contribution in [0, 0.1) is 13.8 Å². The van der Waals surface area contributed by atoms with Crippen molar-refractivity contribution in [3.63, 3.8) is 0 Å². The minimum absolute atomic E-state index is 0.0275.